The molecule has 0 unspecified atom stereocenters. The van der Waals surface area contributed by atoms with Crippen molar-refractivity contribution in [1.29, 1.82) is 0 Å². The lowest BCUT2D eigenvalue weighted by Gasteiger charge is -2.20. The van der Waals surface area contributed by atoms with Crippen molar-refractivity contribution in [2.45, 2.75) is 49.3 Å². The molecule has 0 spiro atoms. The number of nitrogens with zero attached hydrogens (tertiary/aromatic N) is 2. The largest absolute Gasteiger partial charge is 0.477 e. The summed E-state index contributed by atoms with van der Waals surface area (Å²) in [6, 6.07) is 0. The number of aromatic nitrogens is 2. The summed E-state index contributed by atoms with van der Waals surface area (Å²) in [5.41, 5.74) is 0.802. The highest BCUT2D eigenvalue weighted by molar-refractivity contribution is 8.00. The van der Waals surface area contributed by atoms with E-state index in [0.717, 1.165) is 20.8 Å². The molecule has 2 aromatic rings. The Morgan fingerprint density at radius 1 is 1.35 bits per heavy atom. The molecule has 0 amide bonds. The number of aryl methyl sites for hydroxylation is 1. The highest BCUT2D eigenvalue weighted by Crippen LogP contribution is 2.39. The van der Waals surface area contributed by atoms with E-state index in [4.69, 9.17) is 0 Å². The van der Waals surface area contributed by atoms with Crippen LogP contribution in [0.3, 0.4) is 0 Å². The SMILES string of the molecule is Cc1c(C(=O)O)sc2ncnc(SC3CCCCC3)c12. The average molecular weight is 308 g/mol. The minimum Gasteiger partial charge on any atom is -0.477 e. The van der Waals surface area contributed by atoms with Gasteiger partial charge in [-0.2, -0.15) is 0 Å². The summed E-state index contributed by atoms with van der Waals surface area (Å²) < 4.78 is 0. The van der Waals surface area contributed by atoms with Gasteiger partial charge in [-0.15, -0.1) is 23.1 Å². The van der Waals surface area contributed by atoms with E-state index >= 15 is 0 Å². The minimum absolute atomic E-state index is 0.381. The maximum Gasteiger partial charge on any atom is 0.346 e. The molecule has 20 heavy (non-hydrogen) atoms. The Morgan fingerprint density at radius 2 is 2.10 bits per heavy atom. The molecule has 0 bridgehead atoms. The van der Waals surface area contributed by atoms with Crippen molar-refractivity contribution in [3.8, 4) is 0 Å². The molecule has 0 aromatic carbocycles. The summed E-state index contributed by atoms with van der Waals surface area (Å²) in [7, 11) is 0. The van der Waals surface area contributed by atoms with Gasteiger partial charge in [-0.25, -0.2) is 14.8 Å². The molecular formula is C14H16N2O2S2. The molecule has 0 radical (unpaired) electrons. The molecule has 6 heteroatoms. The summed E-state index contributed by atoms with van der Waals surface area (Å²) in [5, 5.41) is 11.7. The van der Waals surface area contributed by atoms with Crippen molar-refractivity contribution < 1.29 is 9.90 Å². The van der Waals surface area contributed by atoms with E-state index < -0.39 is 5.97 Å². The Labute approximate surface area is 125 Å². The van der Waals surface area contributed by atoms with E-state index in [0.29, 0.717) is 10.1 Å². The fraction of sp³-hybridized carbons (Fsp3) is 0.500. The highest BCUT2D eigenvalue weighted by atomic mass is 32.2. The molecule has 0 atom stereocenters. The Bertz CT molecular complexity index is 648. The standard InChI is InChI=1S/C14H16N2O2S2/c1-8-10-12(19-9-5-3-2-4-6-9)15-7-16-13(10)20-11(8)14(17)18/h7,9H,2-6H2,1H3,(H,17,18). The molecule has 1 aliphatic rings. The number of aromatic carboxylic acids is 1. The van der Waals surface area contributed by atoms with Gasteiger partial charge in [0, 0.05) is 10.6 Å². The Hall–Kier alpha value is -1.14. The number of hydrogen-bond donors (Lipinski definition) is 1. The van der Waals surface area contributed by atoms with Crippen LogP contribution < -0.4 is 0 Å². The molecule has 106 valence electrons. The van der Waals surface area contributed by atoms with Crippen molar-refractivity contribution >= 4 is 39.3 Å². The molecule has 1 fully saturated rings. The van der Waals surface area contributed by atoms with Crippen molar-refractivity contribution in [3.63, 3.8) is 0 Å². The third kappa shape index (κ3) is 2.54. The predicted octanol–water partition coefficient (Wildman–Crippen LogP) is 4.12. The summed E-state index contributed by atoms with van der Waals surface area (Å²) >= 11 is 3.04. The van der Waals surface area contributed by atoms with Crippen LogP contribution in [0.1, 0.15) is 47.3 Å². The van der Waals surface area contributed by atoms with Gasteiger partial charge < -0.3 is 5.11 Å². The van der Waals surface area contributed by atoms with Gasteiger partial charge in [0.05, 0.1) is 0 Å². The number of fused-ring (bicyclic) bond motifs is 1. The molecular weight excluding hydrogens is 292 g/mol. The summed E-state index contributed by atoms with van der Waals surface area (Å²) in [5.74, 6) is -0.876. The second-order valence-electron chi connectivity index (χ2n) is 5.10. The third-order valence-corrected chi connectivity index (χ3v) is 6.24. The van der Waals surface area contributed by atoms with Crippen LogP contribution in [-0.4, -0.2) is 26.3 Å². The number of thioether (sulfide) groups is 1. The van der Waals surface area contributed by atoms with Crippen LogP contribution in [-0.2, 0) is 0 Å². The molecule has 0 aliphatic heterocycles. The second-order valence-corrected chi connectivity index (χ2v) is 7.39. The zero-order chi connectivity index (χ0) is 14.1. The van der Waals surface area contributed by atoms with E-state index in [1.165, 1.54) is 43.4 Å². The lowest BCUT2D eigenvalue weighted by molar-refractivity contribution is 0.0701. The molecule has 0 saturated heterocycles. The second kappa shape index (κ2) is 5.69. The van der Waals surface area contributed by atoms with Gasteiger partial charge in [0.15, 0.2) is 0 Å². The molecule has 1 N–H and O–H groups in total. The van der Waals surface area contributed by atoms with Crippen molar-refractivity contribution in [2.24, 2.45) is 0 Å². The maximum absolute atomic E-state index is 11.2. The van der Waals surface area contributed by atoms with E-state index in [1.54, 1.807) is 18.1 Å². The number of carboxylic acid groups (broad SMARTS) is 1. The molecule has 4 nitrogen and oxygen atoms in total. The van der Waals surface area contributed by atoms with Gasteiger partial charge in [0.1, 0.15) is 21.1 Å². The number of rotatable bonds is 3. The van der Waals surface area contributed by atoms with Crippen LogP contribution >= 0.6 is 23.1 Å². The van der Waals surface area contributed by atoms with E-state index in [9.17, 15) is 9.90 Å². The highest BCUT2D eigenvalue weighted by Gasteiger charge is 2.21. The van der Waals surface area contributed by atoms with E-state index in [2.05, 4.69) is 9.97 Å². The minimum atomic E-state index is -0.876. The first kappa shape index (κ1) is 13.8. The van der Waals surface area contributed by atoms with Crippen LogP contribution in [0.15, 0.2) is 11.4 Å². The smallest absolute Gasteiger partial charge is 0.346 e. The van der Waals surface area contributed by atoms with Crippen molar-refractivity contribution in [3.05, 3.63) is 16.8 Å². The van der Waals surface area contributed by atoms with Crippen LogP contribution in [0.2, 0.25) is 0 Å². The summed E-state index contributed by atoms with van der Waals surface area (Å²) in [6.07, 6.45) is 7.91. The number of carboxylic acids is 1. The zero-order valence-corrected chi connectivity index (χ0v) is 12.9. The maximum atomic E-state index is 11.2. The lowest BCUT2D eigenvalue weighted by Crippen LogP contribution is -2.08. The van der Waals surface area contributed by atoms with Crippen LogP contribution in [0.5, 0.6) is 0 Å². The number of thiophene rings is 1. The van der Waals surface area contributed by atoms with Gasteiger partial charge in [0.2, 0.25) is 0 Å². The quantitative estimate of drug-likeness (QED) is 0.864. The van der Waals surface area contributed by atoms with Gasteiger partial charge in [0.25, 0.3) is 0 Å². The van der Waals surface area contributed by atoms with Gasteiger partial charge >= 0.3 is 5.97 Å². The first-order chi connectivity index (χ1) is 9.66. The molecule has 2 aromatic heterocycles. The lowest BCUT2D eigenvalue weighted by atomic mass is 10.0. The monoisotopic (exact) mass is 308 g/mol. The van der Waals surface area contributed by atoms with E-state index in [1.807, 2.05) is 6.92 Å². The molecule has 2 heterocycles. The van der Waals surface area contributed by atoms with Crippen molar-refractivity contribution in [1.82, 2.24) is 9.97 Å². The molecule has 1 aliphatic carbocycles. The van der Waals surface area contributed by atoms with E-state index in [-0.39, 0.29) is 0 Å². The van der Waals surface area contributed by atoms with Gasteiger partial charge in [-0.1, -0.05) is 19.3 Å². The zero-order valence-electron chi connectivity index (χ0n) is 11.3. The normalized spacial score (nSPS) is 16.6. The fourth-order valence-electron chi connectivity index (χ4n) is 2.67. The first-order valence-electron chi connectivity index (χ1n) is 6.81. The Kier molecular flexibility index (Phi) is 3.94. The molecule has 1 saturated carbocycles. The third-order valence-electron chi connectivity index (χ3n) is 3.72. The van der Waals surface area contributed by atoms with Gasteiger partial charge in [-0.3, -0.25) is 0 Å². The first-order valence-corrected chi connectivity index (χ1v) is 8.50. The van der Waals surface area contributed by atoms with Crippen LogP contribution in [0, 0.1) is 6.92 Å². The Morgan fingerprint density at radius 3 is 2.80 bits per heavy atom. The fourth-order valence-corrected chi connectivity index (χ4v) is 5.09. The van der Waals surface area contributed by atoms with Crippen molar-refractivity contribution in [2.75, 3.05) is 0 Å². The summed E-state index contributed by atoms with van der Waals surface area (Å²) in [4.78, 5) is 21.0. The Balaban J connectivity index is 1.99. The average Bonchev–Trinajstić information content (AvgIpc) is 2.79. The van der Waals surface area contributed by atoms with Gasteiger partial charge in [-0.05, 0) is 25.3 Å². The topological polar surface area (TPSA) is 63.1 Å². The van der Waals surface area contributed by atoms with Crippen LogP contribution in [0.25, 0.3) is 10.2 Å². The summed E-state index contributed by atoms with van der Waals surface area (Å²) in [6.45, 7) is 1.86. The molecule has 3 rings (SSSR count). The predicted molar refractivity (Wildman–Crippen MR) is 81.8 cm³/mol. The van der Waals surface area contributed by atoms with Crippen LogP contribution in [0.4, 0.5) is 0 Å². The number of hydrogen-bond acceptors (Lipinski definition) is 5. The number of carbonyl (C=O) groups is 1.